The molecule has 6 heteroatoms. The summed E-state index contributed by atoms with van der Waals surface area (Å²) in [5, 5.41) is 3.05. The molecule has 4 aromatic rings. The van der Waals surface area contributed by atoms with E-state index in [1.54, 1.807) is 11.3 Å². The number of thiazole rings is 1. The maximum absolute atomic E-state index is 12.6. The van der Waals surface area contributed by atoms with Crippen LogP contribution >= 0.6 is 11.3 Å². The van der Waals surface area contributed by atoms with Crippen molar-refractivity contribution < 1.29 is 4.79 Å². The summed E-state index contributed by atoms with van der Waals surface area (Å²) < 4.78 is 3.20. The molecule has 0 spiro atoms. The molecule has 0 radical (unpaired) electrons. The molecule has 2 aromatic heterocycles. The Labute approximate surface area is 194 Å². The van der Waals surface area contributed by atoms with Gasteiger partial charge in [0.1, 0.15) is 0 Å². The first-order valence-electron chi connectivity index (χ1n) is 11.5. The zero-order chi connectivity index (χ0) is 22.7. The van der Waals surface area contributed by atoms with Crippen molar-refractivity contribution >= 4 is 32.4 Å². The molecule has 5 nitrogen and oxygen atoms in total. The molecular weight excluding hydrogens is 416 g/mol. The summed E-state index contributed by atoms with van der Waals surface area (Å²) in [7, 11) is 0. The van der Waals surface area contributed by atoms with E-state index in [0.29, 0.717) is 18.0 Å². The first-order valence-corrected chi connectivity index (χ1v) is 12.3. The molecule has 0 bridgehead atoms. The van der Waals surface area contributed by atoms with Crippen LogP contribution < -0.4 is 5.32 Å². The number of nitrogens with one attached hydrogen (secondary N) is 1. The van der Waals surface area contributed by atoms with Gasteiger partial charge < -0.3 is 10.2 Å². The van der Waals surface area contributed by atoms with Crippen LogP contribution in [0.15, 0.2) is 48.7 Å². The standard InChI is InChI=1S/C26H32N4OS/c1-5-29(6-2)15-7-14-27-25(31)21-12-13-23-24(16-21)32-26-28-22(17-30(23)26)20-10-8-19(9-11-20)18(3)4/h8-13,16-18H,5-7,14-15H2,1-4H3,(H,27,31). The van der Waals surface area contributed by atoms with Gasteiger partial charge in [0.2, 0.25) is 0 Å². The maximum Gasteiger partial charge on any atom is 0.251 e. The lowest BCUT2D eigenvalue weighted by atomic mass is 10.0. The highest BCUT2D eigenvalue weighted by molar-refractivity contribution is 7.23. The van der Waals surface area contributed by atoms with Gasteiger partial charge in [0.05, 0.1) is 15.9 Å². The summed E-state index contributed by atoms with van der Waals surface area (Å²) >= 11 is 1.62. The maximum atomic E-state index is 12.6. The van der Waals surface area contributed by atoms with E-state index in [1.807, 2.05) is 18.2 Å². The number of benzene rings is 2. The van der Waals surface area contributed by atoms with E-state index in [1.165, 1.54) is 5.56 Å². The Bertz CT molecular complexity index is 1200. The van der Waals surface area contributed by atoms with Crippen LogP contribution in [0.3, 0.4) is 0 Å². The molecule has 0 unspecified atom stereocenters. The molecular formula is C26H32N4OS. The lowest BCUT2D eigenvalue weighted by molar-refractivity contribution is 0.0952. The van der Waals surface area contributed by atoms with E-state index in [9.17, 15) is 4.79 Å². The average molecular weight is 449 g/mol. The largest absolute Gasteiger partial charge is 0.352 e. The molecule has 0 saturated carbocycles. The van der Waals surface area contributed by atoms with Gasteiger partial charge in [0, 0.05) is 23.9 Å². The summed E-state index contributed by atoms with van der Waals surface area (Å²) in [6.45, 7) is 12.5. The number of carbonyl (C=O) groups excluding carboxylic acids is 1. The van der Waals surface area contributed by atoms with Crippen LogP contribution in [0, 0.1) is 0 Å². The first-order chi connectivity index (χ1) is 15.5. The number of imidazole rings is 1. The van der Waals surface area contributed by atoms with Crippen LogP contribution in [0.4, 0.5) is 0 Å². The molecule has 168 valence electrons. The van der Waals surface area contributed by atoms with Crippen LogP contribution in [0.25, 0.3) is 26.4 Å². The van der Waals surface area contributed by atoms with Crippen molar-refractivity contribution in [2.45, 2.75) is 40.0 Å². The Morgan fingerprint density at radius 2 is 1.88 bits per heavy atom. The number of fused-ring (bicyclic) bond motifs is 3. The molecule has 32 heavy (non-hydrogen) atoms. The van der Waals surface area contributed by atoms with E-state index in [2.05, 4.69) is 72.8 Å². The molecule has 2 aromatic carbocycles. The third-order valence-corrected chi connectivity index (χ3v) is 7.08. The van der Waals surface area contributed by atoms with E-state index in [0.717, 1.165) is 52.5 Å². The van der Waals surface area contributed by atoms with E-state index in [-0.39, 0.29) is 5.91 Å². The second kappa shape index (κ2) is 9.84. The van der Waals surface area contributed by atoms with Gasteiger partial charge in [-0.05, 0) is 55.7 Å². The Balaban J connectivity index is 1.47. The predicted molar refractivity (Wildman–Crippen MR) is 135 cm³/mol. The van der Waals surface area contributed by atoms with Crippen molar-refractivity contribution in [3.05, 3.63) is 59.8 Å². The Hall–Kier alpha value is -2.70. The fraction of sp³-hybridized carbons (Fsp3) is 0.385. The third-order valence-electron chi connectivity index (χ3n) is 6.06. The Morgan fingerprint density at radius 3 is 2.56 bits per heavy atom. The molecule has 4 rings (SSSR count). The molecule has 0 aliphatic carbocycles. The van der Waals surface area contributed by atoms with Crippen LogP contribution in [0.5, 0.6) is 0 Å². The van der Waals surface area contributed by atoms with Gasteiger partial charge in [0.15, 0.2) is 4.96 Å². The Kier molecular flexibility index (Phi) is 6.92. The van der Waals surface area contributed by atoms with Crippen LogP contribution in [-0.4, -0.2) is 46.4 Å². The number of rotatable bonds is 9. The number of amides is 1. The zero-order valence-corrected chi connectivity index (χ0v) is 20.2. The highest BCUT2D eigenvalue weighted by Gasteiger charge is 2.13. The molecule has 0 aliphatic rings. The molecule has 0 fully saturated rings. The fourth-order valence-corrected chi connectivity index (χ4v) is 5.01. The lowest BCUT2D eigenvalue weighted by Gasteiger charge is -2.17. The topological polar surface area (TPSA) is 49.6 Å². The zero-order valence-electron chi connectivity index (χ0n) is 19.4. The lowest BCUT2D eigenvalue weighted by Crippen LogP contribution is -2.29. The van der Waals surface area contributed by atoms with Crippen molar-refractivity contribution in [2.75, 3.05) is 26.2 Å². The Morgan fingerprint density at radius 1 is 1.12 bits per heavy atom. The van der Waals surface area contributed by atoms with Crippen LogP contribution in [0.1, 0.15) is 56.0 Å². The number of hydrogen-bond donors (Lipinski definition) is 1. The minimum atomic E-state index is -0.0107. The summed E-state index contributed by atoms with van der Waals surface area (Å²) in [6.07, 6.45) is 3.05. The SMILES string of the molecule is CCN(CC)CCCNC(=O)c1ccc2c(c1)sc1nc(-c3ccc(C(C)C)cc3)cn12. The number of aromatic nitrogens is 2. The molecule has 1 N–H and O–H groups in total. The molecule has 0 saturated heterocycles. The van der Waals surface area contributed by atoms with Crippen molar-refractivity contribution in [2.24, 2.45) is 0 Å². The molecule has 0 aliphatic heterocycles. The second-order valence-corrected chi connectivity index (χ2v) is 9.49. The smallest absolute Gasteiger partial charge is 0.251 e. The number of nitrogens with zero attached hydrogens (tertiary/aromatic N) is 3. The van der Waals surface area contributed by atoms with Gasteiger partial charge in [-0.15, -0.1) is 0 Å². The van der Waals surface area contributed by atoms with Crippen molar-refractivity contribution in [1.29, 1.82) is 0 Å². The van der Waals surface area contributed by atoms with Crippen molar-refractivity contribution in [1.82, 2.24) is 19.6 Å². The fourth-order valence-electron chi connectivity index (χ4n) is 3.97. The predicted octanol–water partition coefficient (Wildman–Crippen LogP) is 5.80. The van der Waals surface area contributed by atoms with E-state index < -0.39 is 0 Å². The van der Waals surface area contributed by atoms with Gasteiger partial charge in [-0.1, -0.05) is 63.3 Å². The minimum Gasteiger partial charge on any atom is -0.352 e. The monoisotopic (exact) mass is 448 g/mol. The summed E-state index contributed by atoms with van der Waals surface area (Å²) in [4.78, 5) is 20.7. The number of carbonyl (C=O) groups is 1. The summed E-state index contributed by atoms with van der Waals surface area (Å²) in [5.74, 6) is 0.510. The van der Waals surface area contributed by atoms with E-state index >= 15 is 0 Å². The van der Waals surface area contributed by atoms with Gasteiger partial charge in [0.25, 0.3) is 5.91 Å². The van der Waals surface area contributed by atoms with Crippen LogP contribution in [0.2, 0.25) is 0 Å². The summed E-state index contributed by atoms with van der Waals surface area (Å²) in [6, 6.07) is 14.6. The van der Waals surface area contributed by atoms with Gasteiger partial charge in [-0.25, -0.2) is 4.98 Å². The average Bonchev–Trinajstić information content (AvgIpc) is 3.36. The highest BCUT2D eigenvalue weighted by Crippen LogP contribution is 2.30. The minimum absolute atomic E-state index is 0.0107. The van der Waals surface area contributed by atoms with Gasteiger partial charge in [-0.3, -0.25) is 9.20 Å². The summed E-state index contributed by atoms with van der Waals surface area (Å²) in [5.41, 5.74) is 5.22. The molecule has 2 heterocycles. The molecule has 1 amide bonds. The number of hydrogen-bond acceptors (Lipinski definition) is 4. The quantitative estimate of drug-likeness (QED) is 0.329. The van der Waals surface area contributed by atoms with E-state index in [4.69, 9.17) is 4.98 Å². The van der Waals surface area contributed by atoms with Gasteiger partial charge >= 0.3 is 0 Å². The third kappa shape index (κ3) is 4.71. The first kappa shape index (κ1) is 22.5. The van der Waals surface area contributed by atoms with Gasteiger partial charge in [-0.2, -0.15) is 0 Å². The molecule has 0 atom stereocenters. The second-order valence-electron chi connectivity index (χ2n) is 8.48. The normalized spacial score (nSPS) is 11.8. The highest BCUT2D eigenvalue weighted by atomic mass is 32.1. The van der Waals surface area contributed by atoms with Crippen LogP contribution in [-0.2, 0) is 0 Å². The van der Waals surface area contributed by atoms with Crippen molar-refractivity contribution in [3.8, 4) is 11.3 Å². The van der Waals surface area contributed by atoms with Crippen molar-refractivity contribution in [3.63, 3.8) is 0 Å².